The number of hydrogen-bond donors (Lipinski definition) is 9. The first-order valence-electron chi connectivity index (χ1n) is 14.3. The Hall–Kier alpha value is -5.63. The van der Waals surface area contributed by atoms with Crippen molar-refractivity contribution in [1.82, 2.24) is 16.0 Å². The van der Waals surface area contributed by atoms with Crippen LogP contribution >= 0.6 is 0 Å². The predicted octanol–water partition coefficient (Wildman–Crippen LogP) is 0.562. The number of carboxylic acids is 2. The molecule has 244 valence electrons. The van der Waals surface area contributed by atoms with Gasteiger partial charge in [0, 0.05) is 25.7 Å². The molecule has 0 bridgehead atoms. The van der Waals surface area contributed by atoms with Crippen LogP contribution in [-0.4, -0.2) is 79.4 Å². The SMILES string of the molecule is NC(CCC(=O)O)C(=O)NC(Cc1ccc(O)cc1)C(=O)NC(Cc1ccc(O)cc1)C(=O)NC(Cc1ccc(O)cc1)C(=O)O. The lowest BCUT2D eigenvalue weighted by molar-refractivity contribution is -0.142. The standard InChI is InChI=1S/C32H36N4O10/c33-24(13-14-28(40)41)29(42)34-25(15-18-1-7-21(37)8-2-18)30(43)35-26(16-19-3-9-22(38)10-4-19)31(44)36-27(32(45)46)17-20-5-11-23(39)12-6-20/h1-12,24-27,37-39H,13-17,33H2,(H,34,42)(H,35,43)(H,36,44)(H,40,41)(H,45,46). The molecule has 4 unspecified atom stereocenters. The zero-order chi connectivity index (χ0) is 33.8. The summed E-state index contributed by atoms with van der Waals surface area (Å²) >= 11 is 0. The van der Waals surface area contributed by atoms with Crippen LogP contribution < -0.4 is 21.7 Å². The lowest BCUT2D eigenvalue weighted by Crippen LogP contribution is -2.58. The molecular formula is C32H36N4O10. The zero-order valence-corrected chi connectivity index (χ0v) is 24.6. The molecule has 14 nitrogen and oxygen atoms in total. The van der Waals surface area contributed by atoms with E-state index in [0.717, 1.165) is 0 Å². The van der Waals surface area contributed by atoms with Gasteiger partial charge in [0.25, 0.3) is 0 Å². The highest BCUT2D eigenvalue weighted by atomic mass is 16.4. The third-order valence-electron chi connectivity index (χ3n) is 7.02. The summed E-state index contributed by atoms with van der Waals surface area (Å²) in [6.07, 6.45) is -0.933. The normalized spacial score (nSPS) is 13.4. The molecule has 0 aromatic heterocycles. The molecule has 46 heavy (non-hydrogen) atoms. The van der Waals surface area contributed by atoms with Crippen LogP contribution in [0, 0.1) is 0 Å². The van der Waals surface area contributed by atoms with Gasteiger partial charge in [-0.05, 0) is 59.5 Å². The van der Waals surface area contributed by atoms with Crippen LogP contribution in [0.15, 0.2) is 72.8 Å². The van der Waals surface area contributed by atoms with E-state index in [1.54, 1.807) is 0 Å². The average molecular weight is 637 g/mol. The van der Waals surface area contributed by atoms with Gasteiger partial charge in [-0.2, -0.15) is 0 Å². The van der Waals surface area contributed by atoms with Crippen LogP contribution in [0.3, 0.4) is 0 Å². The summed E-state index contributed by atoms with van der Waals surface area (Å²) in [5.41, 5.74) is 7.40. The van der Waals surface area contributed by atoms with Gasteiger partial charge in [0.05, 0.1) is 6.04 Å². The van der Waals surface area contributed by atoms with E-state index >= 15 is 0 Å². The predicted molar refractivity (Wildman–Crippen MR) is 164 cm³/mol. The summed E-state index contributed by atoms with van der Waals surface area (Å²) in [7, 11) is 0. The third kappa shape index (κ3) is 11.1. The van der Waals surface area contributed by atoms with Crippen molar-refractivity contribution < 1.29 is 49.5 Å². The molecule has 0 aliphatic heterocycles. The minimum Gasteiger partial charge on any atom is -0.508 e. The summed E-state index contributed by atoms with van der Waals surface area (Å²) in [6.45, 7) is 0. The molecule has 3 aromatic rings. The minimum absolute atomic E-state index is 0.0203. The van der Waals surface area contributed by atoms with E-state index in [0.29, 0.717) is 16.7 Å². The van der Waals surface area contributed by atoms with Gasteiger partial charge < -0.3 is 47.2 Å². The Labute approximate surface area is 263 Å². The van der Waals surface area contributed by atoms with Crippen LogP contribution in [0.4, 0.5) is 0 Å². The van der Waals surface area contributed by atoms with E-state index in [2.05, 4.69) is 16.0 Å². The van der Waals surface area contributed by atoms with E-state index in [-0.39, 0.29) is 49.4 Å². The van der Waals surface area contributed by atoms with E-state index in [4.69, 9.17) is 10.8 Å². The third-order valence-corrected chi connectivity index (χ3v) is 7.02. The van der Waals surface area contributed by atoms with Crippen molar-refractivity contribution >= 4 is 29.7 Å². The lowest BCUT2D eigenvalue weighted by atomic mass is 10.0. The number of benzene rings is 3. The number of carboxylic acid groups (broad SMARTS) is 2. The average Bonchev–Trinajstić information content (AvgIpc) is 3.01. The number of nitrogens with two attached hydrogens (primary N) is 1. The second kappa shape index (κ2) is 16.4. The van der Waals surface area contributed by atoms with Crippen molar-refractivity contribution in [2.24, 2.45) is 5.73 Å². The maximum atomic E-state index is 13.7. The van der Waals surface area contributed by atoms with Gasteiger partial charge in [0.1, 0.15) is 35.4 Å². The number of phenols is 3. The fourth-order valence-electron chi connectivity index (χ4n) is 4.46. The Morgan fingerprint density at radius 3 is 1.22 bits per heavy atom. The molecule has 0 saturated heterocycles. The molecule has 0 aliphatic rings. The Balaban J connectivity index is 1.86. The molecule has 14 heteroatoms. The van der Waals surface area contributed by atoms with Gasteiger partial charge in [0.15, 0.2) is 0 Å². The number of phenolic OH excluding ortho intramolecular Hbond substituents is 3. The first-order valence-corrected chi connectivity index (χ1v) is 14.3. The molecule has 0 heterocycles. The van der Waals surface area contributed by atoms with Crippen molar-refractivity contribution in [2.45, 2.75) is 56.3 Å². The molecule has 3 rings (SSSR count). The molecular weight excluding hydrogens is 600 g/mol. The van der Waals surface area contributed by atoms with E-state index in [1.807, 2.05) is 0 Å². The van der Waals surface area contributed by atoms with Crippen molar-refractivity contribution in [1.29, 1.82) is 0 Å². The maximum absolute atomic E-state index is 13.7. The highest BCUT2D eigenvalue weighted by Gasteiger charge is 2.31. The number of carbonyl (C=O) groups excluding carboxylic acids is 3. The smallest absolute Gasteiger partial charge is 0.326 e. The van der Waals surface area contributed by atoms with Gasteiger partial charge >= 0.3 is 11.9 Å². The molecule has 3 amide bonds. The fraction of sp³-hybridized carbons (Fsp3) is 0.281. The number of hydrogen-bond acceptors (Lipinski definition) is 9. The van der Waals surface area contributed by atoms with Gasteiger partial charge in [0.2, 0.25) is 17.7 Å². The van der Waals surface area contributed by atoms with Crippen LogP contribution in [0.5, 0.6) is 17.2 Å². The van der Waals surface area contributed by atoms with Gasteiger partial charge in [-0.15, -0.1) is 0 Å². The van der Waals surface area contributed by atoms with Gasteiger partial charge in [-0.3, -0.25) is 19.2 Å². The monoisotopic (exact) mass is 636 g/mol. The summed E-state index contributed by atoms with van der Waals surface area (Å²) < 4.78 is 0. The molecule has 0 saturated carbocycles. The van der Waals surface area contributed by atoms with Gasteiger partial charge in [-0.25, -0.2) is 4.79 Å². The quantitative estimate of drug-likeness (QED) is 0.105. The minimum atomic E-state index is -1.41. The molecule has 4 atom stereocenters. The summed E-state index contributed by atoms with van der Waals surface area (Å²) in [6, 6.07) is 12.0. The second-order valence-electron chi connectivity index (χ2n) is 10.7. The van der Waals surface area contributed by atoms with Crippen molar-refractivity contribution in [2.75, 3.05) is 0 Å². The zero-order valence-electron chi connectivity index (χ0n) is 24.6. The van der Waals surface area contributed by atoms with E-state index in [9.17, 15) is 44.4 Å². The number of amides is 3. The lowest BCUT2D eigenvalue weighted by Gasteiger charge is -2.25. The van der Waals surface area contributed by atoms with Crippen LogP contribution in [-0.2, 0) is 43.2 Å². The first-order chi connectivity index (χ1) is 21.8. The van der Waals surface area contributed by atoms with Crippen LogP contribution in [0.1, 0.15) is 29.5 Å². The number of carbonyl (C=O) groups is 5. The molecule has 3 aromatic carbocycles. The fourth-order valence-corrected chi connectivity index (χ4v) is 4.46. The maximum Gasteiger partial charge on any atom is 0.326 e. The second-order valence-corrected chi connectivity index (χ2v) is 10.7. The van der Waals surface area contributed by atoms with Crippen LogP contribution in [0.25, 0.3) is 0 Å². The number of nitrogens with one attached hydrogen (secondary N) is 3. The number of aromatic hydroxyl groups is 3. The summed E-state index contributed by atoms with van der Waals surface area (Å²) in [5, 5.41) is 55.2. The van der Waals surface area contributed by atoms with Gasteiger partial charge in [-0.1, -0.05) is 36.4 Å². The molecule has 10 N–H and O–H groups in total. The van der Waals surface area contributed by atoms with Crippen molar-refractivity contribution in [3.05, 3.63) is 89.5 Å². The largest absolute Gasteiger partial charge is 0.508 e. The Kier molecular flexibility index (Phi) is 12.5. The highest BCUT2D eigenvalue weighted by Crippen LogP contribution is 2.15. The van der Waals surface area contributed by atoms with E-state index in [1.165, 1.54) is 72.8 Å². The van der Waals surface area contributed by atoms with E-state index < -0.39 is 53.8 Å². The van der Waals surface area contributed by atoms with Crippen molar-refractivity contribution in [3.63, 3.8) is 0 Å². The number of rotatable bonds is 16. The highest BCUT2D eigenvalue weighted by molar-refractivity contribution is 5.94. The topological polar surface area (TPSA) is 249 Å². The Morgan fingerprint density at radius 1 is 0.543 bits per heavy atom. The molecule has 0 fully saturated rings. The first kappa shape index (κ1) is 34.9. The van der Waals surface area contributed by atoms with Crippen molar-refractivity contribution in [3.8, 4) is 17.2 Å². The summed E-state index contributed by atoms with van der Waals surface area (Å²) in [4.78, 5) is 63.1. The number of aliphatic carboxylic acids is 2. The molecule has 0 radical (unpaired) electrons. The molecule has 0 spiro atoms. The Morgan fingerprint density at radius 2 is 0.870 bits per heavy atom. The molecule has 0 aliphatic carbocycles. The Bertz CT molecular complexity index is 1510. The summed E-state index contributed by atoms with van der Waals surface area (Å²) in [5.74, 6) is -5.07. The van der Waals surface area contributed by atoms with Crippen LogP contribution in [0.2, 0.25) is 0 Å².